The second-order valence-corrected chi connectivity index (χ2v) is 5.96. The van der Waals surface area contributed by atoms with Gasteiger partial charge < -0.3 is 19.7 Å². The first-order chi connectivity index (χ1) is 12.6. The van der Waals surface area contributed by atoms with Crippen molar-refractivity contribution in [2.45, 2.75) is 20.0 Å². The van der Waals surface area contributed by atoms with E-state index in [0.717, 1.165) is 5.56 Å². The first-order valence-electron chi connectivity index (χ1n) is 8.47. The quantitative estimate of drug-likeness (QED) is 0.876. The first-order valence-corrected chi connectivity index (χ1v) is 8.47. The molecule has 0 bridgehead atoms. The Kier molecular flexibility index (Phi) is 5.52. The maximum absolute atomic E-state index is 12.8. The molecule has 1 aliphatic rings. The predicted octanol–water partition coefficient (Wildman–Crippen LogP) is 1.52. The van der Waals surface area contributed by atoms with Crippen molar-refractivity contribution in [3.63, 3.8) is 0 Å². The van der Waals surface area contributed by atoms with E-state index in [1.54, 1.807) is 34.1 Å². The monoisotopic (exact) mass is 358 g/mol. The van der Waals surface area contributed by atoms with E-state index in [9.17, 15) is 9.59 Å². The Balaban J connectivity index is 1.77. The third-order valence-corrected chi connectivity index (χ3v) is 4.09. The van der Waals surface area contributed by atoms with Gasteiger partial charge in [0.25, 0.3) is 5.91 Å². The molecule has 0 atom stereocenters. The molecule has 3 rings (SSSR count). The number of aryl methyl sites for hydroxylation is 1. The van der Waals surface area contributed by atoms with E-state index in [4.69, 9.17) is 9.47 Å². The highest BCUT2D eigenvalue weighted by Gasteiger charge is 2.22. The van der Waals surface area contributed by atoms with Crippen LogP contribution >= 0.6 is 0 Å². The third kappa shape index (κ3) is 4.02. The number of carbonyl (C=O) groups is 2. The number of amides is 2. The molecule has 0 saturated heterocycles. The van der Waals surface area contributed by atoms with Crippen molar-refractivity contribution in [1.29, 1.82) is 0 Å². The molecular weight excluding hydrogens is 336 g/mol. The van der Waals surface area contributed by atoms with Gasteiger partial charge in [-0.3, -0.25) is 14.3 Å². The Bertz CT molecular complexity index is 802. The van der Waals surface area contributed by atoms with Crippen molar-refractivity contribution in [1.82, 2.24) is 14.7 Å². The van der Waals surface area contributed by atoms with Gasteiger partial charge in [0.15, 0.2) is 0 Å². The van der Waals surface area contributed by atoms with Crippen LogP contribution in [0.5, 0.6) is 5.75 Å². The van der Waals surface area contributed by atoms with Crippen molar-refractivity contribution >= 4 is 17.5 Å². The van der Waals surface area contributed by atoms with Crippen molar-refractivity contribution < 1.29 is 19.1 Å². The van der Waals surface area contributed by atoms with Crippen LogP contribution in [-0.2, 0) is 22.6 Å². The second-order valence-electron chi connectivity index (χ2n) is 5.96. The number of nitrogens with one attached hydrogen (secondary N) is 1. The molecule has 1 aromatic heterocycles. The van der Waals surface area contributed by atoms with Gasteiger partial charge in [0, 0.05) is 37.6 Å². The number of ether oxygens (including phenoxy) is 2. The smallest absolute Gasteiger partial charge is 0.257 e. The van der Waals surface area contributed by atoms with Crippen LogP contribution in [0.1, 0.15) is 22.8 Å². The molecule has 0 unspecified atom stereocenters. The van der Waals surface area contributed by atoms with Crippen LogP contribution in [0.2, 0.25) is 0 Å². The van der Waals surface area contributed by atoms with Crippen molar-refractivity contribution in [3.8, 4) is 5.75 Å². The predicted molar refractivity (Wildman–Crippen MR) is 95.1 cm³/mol. The van der Waals surface area contributed by atoms with Crippen LogP contribution in [0.25, 0.3) is 0 Å². The third-order valence-electron chi connectivity index (χ3n) is 4.09. The lowest BCUT2D eigenvalue weighted by atomic mass is 10.1. The van der Waals surface area contributed by atoms with E-state index in [1.165, 1.54) is 7.11 Å². The fourth-order valence-electron chi connectivity index (χ4n) is 2.80. The van der Waals surface area contributed by atoms with Gasteiger partial charge in [0.1, 0.15) is 19.0 Å². The van der Waals surface area contributed by atoms with Crippen LogP contribution in [0.4, 0.5) is 5.69 Å². The molecule has 1 aliphatic heterocycles. The molecule has 1 N–H and O–H groups in total. The Morgan fingerprint density at radius 2 is 2.23 bits per heavy atom. The summed E-state index contributed by atoms with van der Waals surface area (Å²) in [4.78, 5) is 26.2. The summed E-state index contributed by atoms with van der Waals surface area (Å²) >= 11 is 0. The highest BCUT2D eigenvalue weighted by Crippen LogP contribution is 2.27. The molecule has 0 spiro atoms. The molecule has 0 fully saturated rings. The van der Waals surface area contributed by atoms with E-state index < -0.39 is 0 Å². The number of benzene rings is 1. The minimum atomic E-state index is -0.234. The highest BCUT2D eigenvalue weighted by atomic mass is 16.5. The number of nitrogens with zero attached hydrogens (tertiary/aromatic N) is 3. The zero-order valence-electron chi connectivity index (χ0n) is 14.9. The normalized spacial score (nSPS) is 13.5. The molecule has 0 radical (unpaired) electrons. The van der Waals surface area contributed by atoms with Gasteiger partial charge in [0.05, 0.1) is 18.3 Å². The lowest BCUT2D eigenvalue weighted by molar-refractivity contribution is -0.119. The maximum atomic E-state index is 12.8. The van der Waals surface area contributed by atoms with E-state index >= 15 is 0 Å². The zero-order valence-corrected chi connectivity index (χ0v) is 14.9. The van der Waals surface area contributed by atoms with Gasteiger partial charge in [-0.25, -0.2) is 0 Å². The lowest BCUT2D eigenvalue weighted by Crippen LogP contribution is -2.32. The topological polar surface area (TPSA) is 85.7 Å². The fourth-order valence-corrected chi connectivity index (χ4v) is 2.80. The van der Waals surface area contributed by atoms with Gasteiger partial charge in [0.2, 0.25) is 5.91 Å². The van der Waals surface area contributed by atoms with E-state index in [2.05, 4.69) is 10.4 Å². The maximum Gasteiger partial charge on any atom is 0.257 e. The van der Waals surface area contributed by atoms with Gasteiger partial charge in [-0.05, 0) is 25.1 Å². The van der Waals surface area contributed by atoms with Gasteiger partial charge in [-0.1, -0.05) is 0 Å². The van der Waals surface area contributed by atoms with E-state index in [-0.39, 0.29) is 18.4 Å². The van der Waals surface area contributed by atoms with Gasteiger partial charge in [-0.15, -0.1) is 0 Å². The average molecular weight is 358 g/mol. The van der Waals surface area contributed by atoms with Crippen LogP contribution < -0.4 is 10.1 Å². The molecular formula is C18H22N4O4. The first kappa shape index (κ1) is 17.9. The summed E-state index contributed by atoms with van der Waals surface area (Å²) in [7, 11) is 1.47. The molecule has 8 nitrogen and oxygen atoms in total. The summed E-state index contributed by atoms with van der Waals surface area (Å²) in [6, 6.07) is 5.40. The molecule has 2 heterocycles. The largest absolute Gasteiger partial charge is 0.491 e. The minimum Gasteiger partial charge on any atom is -0.491 e. The van der Waals surface area contributed by atoms with Crippen LogP contribution in [0, 0.1) is 0 Å². The molecule has 2 aromatic rings. The van der Waals surface area contributed by atoms with Crippen LogP contribution in [0.15, 0.2) is 30.6 Å². The zero-order chi connectivity index (χ0) is 18.5. The lowest BCUT2D eigenvalue weighted by Gasteiger charge is -2.19. The van der Waals surface area contributed by atoms with Gasteiger partial charge >= 0.3 is 0 Å². The Labute approximate surface area is 151 Å². The number of fused-ring (bicyclic) bond motifs is 1. The molecule has 26 heavy (non-hydrogen) atoms. The summed E-state index contributed by atoms with van der Waals surface area (Å²) in [5, 5.41) is 6.92. The highest BCUT2D eigenvalue weighted by molar-refractivity contribution is 5.94. The minimum absolute atomic E-state index is 0.0143. The van der Waals surface area contributed by atoms with E-state index in [1.807, 2.05) is 13.0 Å². The SMILES string of the molecule is CCn1cc(C(=O)N2CCOc3ccc(NC(=O)COC)cc3C2)cn1. The molecule has 0 saturated carbocycles. The number of hydrogen-bond donors (Lipinski definition) is 1. The average Bonchev–Trinajstić information content (AvgIpc) is 3.01. The van der Waals surface area contributed by atoms with Gasteiger partial charge in [-0.2, -0.15) is 5.10 Å². The number of anilines is 1. The van der Waals surface area contributed by atoms with Crippen molar-refractivity contribution in [2.24, 2.45) is 0 Å². The summed E-state index contributed by atoms with van der Waals surface area (Å²) in [5.41, 5.74) is 2.04. The molecule has 1 aromatic carbocycles. The van der Waals surface area contributed by atoms with E-state index in [0.29, 0.717) is 43.2 Å². The Hall–Kier alpha value is -2.87. The molecule has 8 heteroatoms. The summed E-state index contributed by atoms with van der Waals surface area (Å²) in [6.45, 7) is 3.96. The number of carbonyl (C=O) groups excluding carboxylic acids is 2. The van der Waals surface area contributed by atoms with Crippen molar-refractivity contribution in [3.05, 3.63) is 41.7 Å². The fraction of sp³-hybridized carbons (Fsp3) is 0.389. The number of rotatable bonds is 5. The number of hydrogen-bond acceptors (Lipinski definition) is 5. The van der Waals surface area contributed by atoms with Crippen LogP contribution in [0.3, 0.4) is 0 Å². The summed E-state index contributed by atoms with van der Waals surface area (Å²) in [6.07, 6.45) is 3.33. The summed E-state index contributed by atoms with van der Waals surface area (Å²) in [5.74, 6) is 0.395. The van der Waals surface area contributed by atoms with Crippen LogP contribution in [-0.4, -0.2) is 53.4 Å². The molecule has 138 valence electrons. The molecule has 2 amide bonds. The van der Waals surface area contributed by atoms with Crippen molar-refractivity contribution in [2.75, 3.05) is 32.2 Å². The summed E-state index contributed by atoms with van der Waals surface area (Å²) < 4.78 is 12.3. The number of aromatic nitrogens is 2. The Morgan fingerprint density at radius 3 is 2.96 bits per heavy atom. The standard InChI is InChI=1S/C18H22N4O4/c1-3-22-11-14(9-19-22)18(24)21-6-7-26-16-5-4-15(8-13(16)10-21)20-17(23)12-25-2/h4-5,8-9,11H,3,6-7,10,12H2,1-2H3,(H,20,23). The second kappa shape index (κ2) is 8.01. The number of methoxy groups -OCH3 is 1. The molecule has 0 aliphatic carbocycles. The Morgan fingerprint density at radius 1 is 1.38 bits per heavy atom.